The Morgan fingerprint density at radius 2 is 2.05 bits per heavy atom. The Hall–Kier alpha value is -1.81. The van der Waals surface area contributed by atoms with E-state index in [0.717, 1.165) is 24.3 Å². The number of hydrogen-bond acceptors (Lipinski definition) is 2. The summed E-state index contributed by atoms with van der Waals surface area (Å²) in [6.45, 7) is 6.11. The Labute approximate surface area is 114 Å². The summed E-state index contributed by atoms with van der Waals surface area (Å²) in [5, 5.41) is 0. The van der Waals surface area contributed by atoms with Crippen LogP contribution in [-0.2, 0) is 0 Å². The van der Waals surface area contributed by atoms with E-state index in [9.17, 15) is 4.79 Å². The van der Waals surface area contributed by atoms with Gasteiger partial charge < -0.3 is 10.6 Å². The molecule has 1 aromatic rings. The van der Waals surface area contributed by atoms with Gasteiger partial charge in [-0.1, -0.05) is 30.4 Å². The monoisotopic (exact) mass is 259 g/mol. The normalized spacial score (nSPS) is 16.1. The summed E-state index contributed by atoms with van der Waals surface area (Å²) in [5.74, 6) is 0. The first-order chi connectivity index (χ1) is 9.15. The number of para-hydroxylation sites is 1. The van der Waals surface area contributed by atoms with Crippen LogP contribution < -0.4 is 10.6 Å². The second-order valence-corrected chi connectivity index (χ2v) is 4.92. The Bertz CT molecular complexity index is 482. The van der Waals surface area contributed by atoms with Crippen molar-refractivity contribution in [3.63, 3.8) is 0 Å². The van der Waals surface area contributed by atoms with Crippen molar-refractivity contribution >= 4 is 17.8 Å². The molecule has 0 radical (unpaired) electrons. The molecule has 1 aliphatic heterocycles. The minimum absolute atomic E-state index is 0.0867. The largest absolute Gasteiger partial charge is 0.327 e. The molecular weight excluding hydrogens is 238 g/mol. The van der Waals surface area contributed by atoms with Gasteiger partial charge >= 0.3 is 6.03 Å². The topological polar surface area (TPSA) is 49.6 Å². The third-order valence-electron chi connectivity index (χ3n) is 3.33. The van der Waals surface area contributed by atoms with Gasteiger partial charge in [0.05, 0.1) is 5.69 Å². The molecule has 1 heterocycles. The van der Waals surface area contributed by atoms with Crippen molar-refractivity contribution in [3.8, 4) is 0 Å². The average Bonchev–Trinajstić information content (AvgIpc) is 2.78. The second kappa shape index (κ2) is 5.89. The first kappa shape index (κ1) is 13.6. The highest BCUT2D eigenvalue weighted by Crippen LogP contribution is 2.26. The van der Waals surface area contributed by atoms with Crippen molar-refractivity contribution in [1.29, 1.82) is 0 Å². The first-order valence-electron chi connectivity index (χ1n) is 6.69. The van der Waals surface area contributed by atoms with Gasteiger partial charge in [-0.2, -0.15) is 0 Å². The molecule has 1 aromatic carbocycles. The summed E-state index contributed by atoms with van der Waals surface area (Å²) in [6, 6.07) is 8.25. The molecule has 0 unspecified atom stereocenters. The van der Waals surface area contributed by atoms with Crippen molar-refractivity contribution < 1.29 is 4.79 Å². The number of amides is 2. The molecule has 1 saturated heterocycles. The van der Waals surface area contributed by atoms with E-state index in [1.54, 1.807) is 0 Å². The first-order valence-corrected chi connectivity index (χ1v) is 6.69. The molecule has 0 saturated carbocycles. The maximum absolute atomic E-state index is 12.4. The predicted octanol–water partition coefficient (Wildman–Crippen LogP) is 2.31. The van der Waals surface area contributed by atoms with Crippen LogP contribution in [0.15, 0.2) is 30.3 Å². The van der Waals surface area contributed by atoms with Gasteiger partial charge in [-0.15, -0.1) is 0 Å². The number of benzene rings is 1. The molecule has 0 atom stereocenters. The summed E-state index contributed by atoms with van der Waals surface area (Å²) in [7, 11) is 0. The molecule has 0 spiro atoms. The van der Waals surface area contributed by atoms with Crippen molar-refractivity contribution in [2.45, 2.75) is 19.9 Å². The van der Waals surface area contributed by atoms with Gasteiger partial charge in [0.2, 0.25) is 0 Å². The van der Waals surface area contributed by atoms with Crippen LogP contribution in [0.3, 0.4) is 0 Å². The van der Waals surface area contributed by atoms with Crippen molar-refractivity contribution in [2.75, 3.05) is 24.5 Å². The quantitative estimate of drug-likeness (QED) is 0.902. The number of nitrogens with two attached hydrogens (primary N) is 1. The summed E-state index contributed by atoms with van der Waals surface area (Å²) in [6.07, 6.45) is 3.88. The van der Waals surface area contributed by atoms with Crippen LogP contribution in [0.2, 0.25) is 0 Å². The van der Waals surface area contributed by atoms with Crippen LogP contribution >= 0.6 is 0 Å². The number of carbonyl (C=O) groups is 1. The van der Waals surface area contributed by atoms with E-state index in [1.165, 1.54) is 0 Å². The summed E-state index contributed by atoms with van der Waals surface area (Å²) in [5.41, 5.74) is 7.49. The van der Waals surface area contributed by atoms with Gasteiger partial charge in [0, 0.05) is 25.7 Å². The maximum atomic E-state index is 12.4. The lowest BCUT2D eigenvalue weighted by Gasteiger charge is -2.22. The van der Waals surface area contributed by atoms with Gasteiger partial charge in [0.1, 0.15) is 0 Å². The molecule has 2 N–H and O–H groups in total. The highest BCUT2D eigenvalue weighted by atomic mass is 16.2. The molecule has 1 aliphatic rings. The third-order valence-corrected chi connectivity index (χ3v) is 3.33. The van der Waals surface area contributed by atoms with Crippen molar-refractivity contribution in [2.24, 2.45) is 5.73 Å². The molecule has 2 amide bonds. The van der Waals surface area contributed by atoms with E-state index in [1.807, 2.05) is 60.1 Å². The van der Waals surface area contributed by atoms with E-state index in [-0.39, 0.29) is 12.1 Å². The van der Waals surface area contributed by atoms with Crippen LogP contribution in [0.25, 0.3) is 6.08 Å². The van der Waals surface area contributed by atoms with E-state index >= 15 is 0 Å². The maximum Gasteiger partial charge on any atom is 0.324 e. The lowest BCUT2D eigenvalue weighted by Crippen LogP contribution is -2.36. The van der Waals surface area contributed by atoms with E-state index < -0.39 is 0 Å². The van der Waals surface area contributed by atoms with E-state index in [2.05, 4.69) is 0 Å². The van der Waals surface area contributed by atoms with Gasteiger partial charge in [0.15, 0.2) is 0 Å². The second-order valence-electron chi connectivity index (χ2n) is 4.92. The Kier molecular flexibility index (Phi) is 4.22. The number of anilines is 1. The molecule has 0 bridgehead atoms. The van der Waals surface area contributed by atoms with Gasteiger partial charge in [-0.05, 0) is 25.5 Å². The average molecular weight is 259 g/mol. The molecule has 0 aromatic heterocycles. The molecule has 4 nitrogen and oxygen atoms in total. The zero-order valence-electron chi connectivity index (χ0n) is 11.5. The van der Waals surface area contributed by atoms with Gasteiger partial charge in [-0.3, -0.25) is 4.90 Å². The van der Waals surface area contributed by atoms with Crippen LogP contribution in [0.4, 0.5) is 10.5 Å². The highest BCUT2D eigenvalue weighted by Gasteiger charge is 2.31. The number of carbonyl (C=O) groups excluding carboxylic acids is 1. The van der Waals surface area contributed by atoms with Crippen molar-refractivity contribution in [1.82, 2.24) is 4.90 Å². The molecule has 1 fully saturated rings. The zero-order chi connectivity index (χ0) is 13.8. The molecule has 0 aliphatic carbocycles. The summed E-state index contributed by atoms with van der Waals surface area (Å²) in [4.78, 5) is 16.1. The van der Waals surface area contributed by atoms with Crippen molar-refractivity contribution in [3.05, 3.63) is 35.9 Å². The molecule has 4 heteroatoms. The van der Waals surface area contributed by atoms with Crippen LogP contribution in [0.1, 0.15) is 19.4 Å². The fraction of sp³-hybridized carbons (Fsp3) is 0.400. The Morgan fingerprint density at radius 3 is 2.68 bits per heavy atom. The molecule has 102 valence electrons. The van der Waals surface area contributed by atoms with Crippen LogP contribution in [0.5, 0.6) is 0 Å². The third kappa shape index (κ3) is 2.79. The molecule has 2 rings (SSSR count). The molecular formula is C15H21N3O. The SMILES string of the molecule is CC(C)N1CCN(c2ccccc2/C=C/CN)C1=O. The Morgan fingerprint density at radius 1 is 1.32 bits per heavy atom. The van der Waals surface area contributed by atoms with Gasteiger partial charge in [-0.25, -0.2) is 4.79 Å². The van der Waals surface area contributed by atoms with Crippen LogP contribution in [-0.4, -0.2) is 36.6 Å². The number of rotatable bonds is 4. The van der Waals surface area contributed by atoms with Crippen LogP contribution in [0, 0.1) is 0 Å². The number of hydrogen-bond donors (Lipinski definition) is 1. The minimum atomic E-state index is 0.0867. The zero-order valence-corrected chi connectivity index (χ0v) is 11.5. The lowest BCUT2D eigenvalue weighted by atomic mass is 10.1. The standard InChI is InChI=1S/C15H21N3O/c1-12(2)17-10-11-18(15(17)19)14-8-4-3-6-13(14)7-5-9-16/h3-8,12H,9-11,16H2,1-2H3/b7-5+. The summed E-state index contributed by atoms with van der Waals surface area (Å²) < 4.78 is 0. The Balaban J connectivity index is 2.28. The van der Waals surface area contributed by atoms with Gasteiger partial charge in [0.25, 0.3) is 0 Å². The smallest absolute Gasteiger partial charge is 0.324 e. The number of nitrogens with zero attached hydrogens (tertiary/aromatic N) is 2. The van der Waals surface area contributed by atoms with E-state index in [0.29, 0.717) is 6.54 Å². The number of urea groups is 1. The molecule has 19 heavy (non-hydrogen) atoms. The summed E-state index contributed by atoms with van der Waals surface area (Å²) >= 11 is 0. The minimum Gasteiger partial charge on any atom is -0.327 e. The highest BCUT2D eigenvalue weighted by molar-refractivity contribution is 5.96. The lowest BCUT2D eigenvalue weighted by molar-refractivity contribution is 0.209. The predicted molar refractivity (Wildman–Crippen MR) is 79.1 cm³/mol. The fourth-order valence-corrected chi connectivity index (χ4v) is 2.33. The van der Waals surface area contributed by atoms with E-state index in [4.69, 9.17) is 5.73 Å². The fourth-order valence-electron chi connectivity index (χ4n) is 2.33.